The minimum absolute atomic E-state index is 0.0758. The van der Waals surface area contributed by atoms with Crippen LogP contribution in [0.2, 0.25) is 0 Å². The van der Waals surface area contributed by atoms with Crippen LogP contribution in [0.5, 0.6) is 0 Å². The number of rotatable bonds is 9. The number of carbonyl (C=O) groups excluding carboxylic acids is 1. The fourth-order valence-corrected chi connectivity index (χ4v) is 1.64. The second-order valence-corrected chi connectivity index (χ2v) is 4.24. The van der Waals surface area contributed by atoms with Gasteiger partial charge >= 0.3 is 0 Å². The van der Waals surface area contributed by atoms with E-state index in [0.717, 1.165) is 25.7 Å². The van der Waals surface area contributed by atoms with Crippen molar-refractivity contribution in [2.24, 2.45) is 0 Å². The maximum Gasteiger partial charge on any atom is 0.220 e. The lowest BCUT2D eigenvalue weighted by Gasteiger charge is -2.11. The van der Waals surface area contributed by atoms with E-state index in [-0.39, 0.29) is 11.9 Å². The van der Waals surface area contributed by atoms with Gasteiger partial charge in [0.2, 0.25) is 5.91 Å². The molecule has 0 aromatic carbocycles. The minimum Gasteiger partial charge on any atom is -0.342 e. The van der Waals surface area contributed by atoms with Crippen LogP contribution in [0.4, 0.5) is 0 Å². The molecule has 0 aliphatic rings. The first-order valence-electron chi connectivity index (χ1n) is 6.50. The number of hydrogen-bond acceptors (Lipinski definition) is 1. The molecule has 0 radical (unpaired) electrons. The summed E-state index contributed by atoms with van der Waals surface area (Å²) in [5.41, 5.74) is 0. The van der Waals surface area contributed by atoms with Crippen molar-refractivity contribution in [1.82, 2.24) is 5.32 Å². The van der Waals surface area contributed by atoms with Gasteiger partial charge in [0.1, 0.15) is 0 Å². The van der Waals surface area contributed by atoms with Crippen molar-refractivity contribution in [3.8, 4) is 12.3 Å². The number of carbonyl (C=O) groups is 1. The molecule has 0 aliphatic carbocycles. The Kier molecular flexibility index (Phi) is 9.91. The first-order chi connectivity index (χ1) is 7.74. The number of terminal acetylenes is 1. The van der Waals surface area contributed by atoms with Gasteiger partial charge in [0.25, 0.3) is 0 Å². The van der Waals surface area contributed by atoms with Crippen LogP contribution in [0.25, 0.3) is 0 Å². The van der Waals surface area contributed by atoms with Crippen LogP contribution in [0, 0.1) is 12.3 Å². The highest BCUT2D eigenvalue weighted by Gasteiger charge is 2.07. The molecule has 1 amide bonds. The predicted molar refractivity (Wildman–Crippen MR) is 69.0 cm³/mol. The van der Waals surface area contributed by atoms with Gasteiger partial charge in [-0.05, 0) is 12.8 Å². The fraction of sp³-hybridized carbons (Fsp3) is 0.786. The Labute approximate surface area is 100 Å². The molecule has 0 rings (SSSR count). The van der Waals surface area contributed by atoms with E-state index in [9.17, 15) is 4.79 Å². The zero-order valence-electron chi connectivity index (χ0n) is 10.7. The molecule has 2 heteroatoms. The molecule has 92 valence electrons. The van der Waals surface area contributed by atoms with E-state index in [1.54, 1.807) is 0 Å². The van der Waals surface area contributed by atoms with E-state index < -0.39 is 0 Å². The predicted octanol–water partition coefficient (Wildman–Crippen LogP) is 3.27. The summed E-state index contributed by atoms with van der Waals surface area (Å²) in [7, 11) is 0. The van der Waals surface area contributed by atoms with Gasteiger partial charge in [0.05, 0.1) is 6.04 Å². The van der Waals surface area contributed by atoms with E-state index in [1.165, 1.54) is 19.3 Å². The number of nitrogens with one attached hydrogen (secondary N) is 1. The third-order valence-electron chi connectivity index (χ3n) is 2.62. The van der Waals surface area contributed by atoms with Crippen molar-refractivity contribution in [2.75, 3.05) is 0 Å². The molecule has 2 nitrogen and oxygen atoms in total. The Morgan fingerprint density at radius 1 is 1.19 bits per heavy atom. The van der Waals surface area contributed by atoms with Crippen LogP contribution in [0.1, 0.15) is 65.2 Å². The second kappa shape index (κ2) is 10.5. The number of hydrogen-bond donors (Lipinski definition) is 1. The average Bonchev–Trinajstić information content (AvgIpc) is 2.28. The van der Waals surface area contributed by atoms with Crippen molar-refractivity contribution < 1.29 is 4.79 Å². The van der Waals surface area contributed by atoms with E-state index in [2.05, 4.69) is 25.1 Å². The van der Waals surface area contributed by atoms with Gasteiger partial charge in [-0.1, -0.05) is 51.9 Å². The highest BCUT2D eigenvalue weighted by atomic mass is 16.1. The normalized spacial score (nSPS) is 11.8. The second-order valence-electron chi connectivity index (χ2n) is 4.24. The summed E-state index contributed by atoms with van der Waals surface area (Å²) in [6, 6.07) is -0.0758. The van der Waals surface area contributed by atoms with Crippen LogP contribution in [-0.4, -0.2) is 11.9 Å². The van der Waals surface area contributed by atoms with E-state index in [1.807, 2.05) is 0 Å². The Balaban J connectivity index is 3.53. The third kappa shape index (κ3) is 8.35. The molecule has 0 fully saturated rings. The van der Waals surface area contributed by atoms with E-state index in [0.29, 0.717) is 6.42 Å². The Morgan fingerprint density at radius 2 is 1.88 bits per heavy atom. The topological polar surface area (TPSA) is 29.1 Å². The van der Waals surface area contributed by atoms with Crippen LogP contribution in [0.3, 0.4) is 0 Å². The molecule has 0 aliphatic heterocycles. The molecule has 1 unspecified atom stereocenters. The molecule has 0 heterocycles. The largest absolute Gasteiger partial charge is 0.342 e. The van der Waals surface area contributed by atoms with Crippen LogP contribution in [0.15, 0.2) is 0 Å². The smallest absolute Gasteiger partial charge is 0.220 e. The van der Waals surface area contributed by atoms with Crippen LogP contribution in [-0.2, 0) is 4.79 Å². The summed E-state index contributed by atoms with van der Waals surface area (Å²) in [6.45, 7) is 4.26. The lowest BCUT2D eigenvalue weighted by atomic mass is 10.1. The Bertz CT molecular complexity index is 217. The lowest BCUT2D eigenvalue weighted by Crippen LogP contribution is -2.33. The van der Waals surface area contributed by atoms with Gasteiger partial charge < -0.3 is 5.32 Å². The van der Waals surface area contributed by atoms with Crippen molar-refractivity contribution >= 4 is 5.91 Å². The molecule has 0 aromatic rings. The molecule has 0 saturated heterocycles. The number of unbranched alkanes of at least 4 members (excludes halogenated alkanes) is 4. The molecule has 0 spiro atoms. The molecule has 16 heavy (non-hydrogen) atoms. The number of amides is 1. The van der Waals surface area contributed by atoms with Crippen molar-refractivity contribution in [2.45, 2.75) is 71.3 Å². The van der Waals surface area contributed by atoms with Gasteiger partial charge in [0, 0.05) is 6.42 Å². The summed E-state index contributed by atoms with van der Waals surface area (Å²) in [4.78, 5) is 11.5. The van der Waals surface area contributed by atoms with Gasteiger partial charge in [-0.25, -0.2) is 0 Å². The van der Waals surface area contributed by atoms with Crippen molar-refractivity contribution in [3.63, 3.8) is 0 Å². The SMILES string of the molecule is C#CC(CCC)NC(=O)CCCCCCC. The molecular formula is C14H25NO. The van der Waals surface area contributed by atoms with Crippen LogP contribution >= 0.6 is 0 Å². The monoisotopic (exact) mass is 223 g/mol. The maximum absolute atomic E-state index is 11.5. The zero-order valence-corrected chi connectivity index (χ0v) is 10.7. The molecule has 0 aromatic heterocycles. The minimum atomic E-state index is -0.0758. The maximum atomic E-state index is 11.5. The van der Waals surface area contributed by atoms with Crippen molar-refractivity contribution in [3.05, 3.63) is 0 Å². The quantitative estimate of drug-likeness (QED) is 0.472. The Morgan fingerprint density at radius 3 is 2.44 bits per heavy atom. The van der Waals surface area contributed by atoms with Gasteiger partial charge in [-0.15, -0.1) is 6.42 Å². The third-order valence-corrected chi connectivity index (χ3v) is 2.62. The zero-order chi connectivity index (χ0) is 12.2. The van der Waals surface area contributed by atoms with E-state index in [4.69, 9.17) is 6.42 Å². The molecule has 0 saturated carbocycles. The summed E-state index contributed by atoms with van der Waals surface area (Å²) in [6.07, 6.45) is 13.7. The first kappa shape index (κ1) is 15.0. The fourth-order valence-electron chi connectivity index (χ4n) is 1.64. The molecule has 0 bridgehead atoms. The molecule has 1 N–H and O–H groups in total. The van der Waals surface area contributed by atoms with Gasteiger partial charge in [-0.3, -0.25) is 4.79 Å². The summed E-state index contributed by atoms with van der Waals surface area (Å²) >= 11 is 0. The Hall–Kier alpha value is -0.970. The molecular weight excluding hydrogens is 198 g/mol. The molecule has 1 atom stereocenters. The van der Waals surface area contributed by atoms with Crippen LogP contribution < -0.4 is 5.32 Å². The van der Waals surface area contributed by atoms with Gasteiger partial charge in [0.15, 0.2) is 0 Å². The lowest BCUT2D eigenvalue weighted by molar-refractivity contribution is -0.121. The van der Waals surface area contributed by atoms with Crippen molar-refractivity contribution in [1.29, 1.82) is 0 Å². The standard InChI is InChI=1S/C14H25NO/c1-4-7-8-9-10-12-14(16)15-13(6-3)11-5-2/h3,13H,4-5,7-12H2,1-2H3,(H,15,16). The van der Waals surface area contributed by atoms with E-state index >= 15 is 0 Å². The highest BCUT2D eigenvalue weighted by molar-refractivity contribution is 5.76. The highest BCUT2D eigenvalue weighted by Crippen LogP contribution is 2.05. The van der Waals surface area contributed by atoms with Gasteiger partial charge in [-0.2, -0.15) is 0 Å². The average molecular weight is 223 g/mol. The summed E-state index contributed by atoms with van der Waals surface area (Å²) < 4.78 is 0. The summed E-state index contributed by atoms with van der Waals surface area (Å²) in [5.74, 6) is 2.72. The summed E-state index contributed by atoms with van der Waals surface area (Å²) in [5, 5.41) is 2.88. The first-order valence-corrected chi connectivity index (χ1v) is 6.50.